The fraction of sp³-hybridized carbons (Fsp3) is 0.176. The number of benzene rings is 2. The minimum atomic E-state index is -4.51. The SMILES string of the molecule is CC(=O)Nc1cccc(NC(=O)CNc2ccccc2C(F)(F)F)c1. The van der Waals surface area contributed by atoms with Crippen LogP contribution in [0.3, 0.4) is 0 Å². The standard InChI is InChI=1S/C17H16F3N3O2/c1-11(24)22-12-5-4-6-13(9-12)23-16(25)10-21-15-8-3-2-7-14(15)17(18,19)20/h2-9,21H,10H2,1H3,(H,22,24)(H,23,25). The van der Waals surface area contributed by atoms with Gasteiger partial charge in [-0.3, -0.25) is 9.59 Å². The van der Waals surface area contributed by atoms with Crippen molar-refractivity contribution in [3.05, 3.63) is 54.1 Å². The van der Waals surface area contributed by atoms with Crippen LogP contribution in [-0.4, -0.2) is 18.4 Å². The molecule has 0 radical (unpaired) electrons. The second kappa shape index (κ2) is 7.69. The molecule has 0 aliphatic heterocycles. The Bertz CT molecular complexity index is 776. The average Bonchev–Trinajstić information content (AvgIpc) is 2.52. The zero-order valence-electron chi connectivity index (χ0n) is 13.3. The second-order valence-electron chi connectivity index (χ2n) is 5.21. The quantitative estimate of drug-likeness (QED) is 0.769. The summed E-state index contributed by atoms with van der Waals surface area (Å²) in [6.45, 7) is 1.02. The molecule has 5 nitrogen and oxygen atoms in total. The third kappa shape index (κ3) is 5.52. The molecule has 0 atom stereocenters. The molecule has 3 N–H and O–H groups in total. The van der Waals surface area contributed by atoms with E-state index in [2.05, 4.69) is 16.0 Å². The van der Waals surface area contributed by atoms with Gasteiger partial charge in [-0.2, -0.15) is 13.2 Å². The van der Waals surface area contributed by atoms with Crippen molar-refractivity contribution >= 4 is 28.9 Å². The highest BCUT2D eigenvalue weighted by molar-refractivity contribution is 5.95. The van der Waals surface area contributed by atoms with Crippen molar-refractivity contribution in [2.45, 2.75) is 13.1 Å². The smallest absolute Gasteiger partial charge is 0.376 e. The molecule has 2 aromatic rings. The van der Waals surface area contributed by atoms with Crippen LogP contribution in [0.1, 0.15) is 12.5 Å². The molecule has 0 aliphatic rings. The summed E-state index contributed by atoms with van der Waals surface area (Å²) in [5, 5.41) is 7.60. The molecule has 0 heterocycles. The number of hydrogen-bond acceptors (Lipinski definition) is 3. The first kappa shape index (κ1) is 18.3. The van der Waals surface area contributed by atoms with E-state index < -0.39 is 17.6 Å². The van der Waals surface area contributed by atoms with Gasteiger partial charge in [-0.1, -0.05) is 18.2 Å². The highest BCUT2D eigenvalue weighted by Gasteiger charge is 2.33. The molecule has 0 bridgehead atoms. The number of alkyl halides is 3. The van der Waals surface area contributed by atoms with Gasteiger partial charge in [0, 0.05) is 24.0 Å². The lowest BCUT2D eigenvalue weighted by atomic mass is 10.1. The number of carbonyl (C=O) groups is 2. The molecule has 132 valence electrons. The van der Waals surface area contributed by atoms with Crippen molar-refractivity contribution in [1.29, 1.82) is 0 Å². The summed E-state index contributed by atoms with van der Waals surface area (Å²) in [4.78, 5) is 23.0. The number of para-hydroxylation sites is 1. The number of nitrogens with one attached hydrogen (secondary N) is 3. The predicted octanol–water partition coefficient (Wildman–Crippen LogP) is 3.71. The molecule has 0 unspecified atom stereocenters. The molecule has 2 aromatic carbocycles. The summed E-state index contributed by atoms with van der Waals surface area (Å²) in [6, 6.07) is 11.4. The zero-order chi connectivity index (χ0) is 18.4. The van der Waals surface area contributed by atoms with Gasteiger partial charge < -0.3 is 16.0 Å². The van der Waals surface area contributed by atoms with Gasteiger partial charge in [-0.05, 0) is 30.3 Å². The van der Waals surface area contributed by atoms with Crippen LogP contribution < -0.4 is 16.0 Å². The maximum absolute atomic E-state index is 12.9. The maximum Gasteiger partial charge on any atom is 0.418 e. The number of amides is 2. The van der Waals surface area contributed by atoms with Gasteiger partial charge in [0.15, 0.2) is 0 Å². The summed E-state index contributed by atoms with van der Waals surface area (Å²) < 4.78 is 38.7. The first-order chi connectivity index (χ1) is 11.8. The molecule has 0 saturated heterocycles. The Labute approximate surface area is 142 Å². The first-order valence-corrected chi connectivity index (χ1v) is 7.33. The molecule has 25 heavy (non-hydrogen) atoms. The van der Waals surface area contributed by atoms with Crippen molar-refractivity contribution in [1.82, 2.24) is 0 Å². The topological polar surface area (TPSA) is 70.2 Å². The van der Waals surface area contributed by atoms with E-state index in [0.29, 0.717) is 11.4 Å². The van der Waals surface area contributed by atoms with Crippen molar-refractivity contribution in [3.63, 3.8) is 0 Å². The Hall–Kier alpha value is -3.03. The van der Waals surface area contributed by atoms with E-state index in [-0.39, 0.29) is 18.1 Å². The zero-order valence-corrected chi connectivity index (χ0v) is 13.3. The predicted molar refractivity (Wildman–Crippen MR) is 89.3 cm³/mol. The van der Waals surface area contributed by atoms with Crippen LogP contribution in [0.4, 0.5) is 30.2 Å². The van der Waals surface area contributed by atoms with Gasteiger partial charge in [0.05, 0.1) is 12.1 Å². The van der Waals surface area contributed by atoms with Crippen LogP contribution in [0.5, 0.6) is 0 Å². The van der Waals surface area contributed by atoms with Crippen LogP contribution in [0, 0.1) is 0 Å². The summed E-state index contributed by atoms with van der Waals surface area (Å²) in [7, 11) is 0. The molecule has 0 fully saturated rings. The lowest BCUT2D eigenvalue weighted by molar-refractivity contribution is -0.137. The number of halogens is 3. The summed E-state index contributed by atoms with van der Waals surface area (Å²) in [6.07, 6.45) is -4.51. The summed E-state index contributed by atoms with van der Waals surface area (Å²) in [5.74, 6) is -0.772. The summed E-state index contributed by atoms with van der Waals surface area (Å²) in [5.41, 5.74) is -0.0876. The molecule has 2 amide bonds. The van der Waals surface area contributed by atoms with Crippen LogP contribution in [0.15, 0.2) is 48.5 Å². The Morgan fingerprint density at radius 1 is 0.960 bits per heavy atom. The number of rotatable bonds is 5. The first-order valence-electron chi connectivity index (χ1n) is 7.33. The molecule has 8 heteroatoms. The Balaban J connectivity index is 1.99. The Morgan fingerprint density at radius 3 is 2.24 bits per heavy atom. The van der Waals surface area contributed by atoms with Gasteiger partial charge in [-0.15, -0.1) is 0 Å². The molecule has 0 saturated carbocycles. The lowest BCUT2D eigenvalue weighted by Gasteiger charge is -2.14. The van der Waals surface area contributed by atoms with Crippen LogP contribution >= 0.6 is 0 Å². The largest absolute Gasteiger partial charge is 0.418 e. The highest BCUT2D eigenvalue weighted by atomic mass is 19.4. The normalized spacial score (nSPS) is 10.9. The Kier molecular flexibility index (Phi) is 5.63. The maximum atomic E-state index is 12.9. The van der Waals surface area contributed by atoms with E-state index in [9.17, 15) is 22.8 Å². The van der Waals surface area contributed by atoms with Gasteiger partial charge >= 0.3 is 6.18 Å². The number of carbonyl (C=O) groups excluding carboxylic acids is 2. The van der Waals surface area contributed by atoms with Crippen LogP contribution in [-0.2, 0) is 15.8 Å². The summed E-state index contributed by atoms with van der Waals surface area (Å²) >= 11 is 0. The van der Waals surface area contributed by atoms with E-state index in [4.69, 9.17) is 0 Å². The minimum absolute atomic E-state index is 0.169. The number of hydrogen-bond donors (Lipinski definition) is 3. The molecule has 2 rings (SSSR count). The third-order valence-corrected chi connectivity index (χ3v) is 3.14. The van der Waals surface area contributed by atoms with Crippen molar-refractivity contribution in [3.8, 4) is 0 Å². The fourth-order valence-electron chi connectivity index (χ4n) is 2.14. The monoisotopic (exact) mass is 351 g/mol. The molecule has 0 spiro atoms. The fourth-order valence-corrected chi connectivity index (χ4v) is 2.14. The molecule has 0 aromatic heterocycles. The van der Waals surface area contributed by atoms with Crippen molar-refractivity contribution < 1.29 is 22.8 Å². The molecule has 0 aliphatic carbocycles. The van der Waals surface area contributed by atoms with Gasteiger partial charge in [0.1, 0.15) is 0 Å². The van der Waals surface area contributed by atoms with E-state index in [1.54, 1.807) is 24.3 Å². The van der Waals surface area contributed by atoms with Gasteiger partial charge in [0.25, 0.3) is 0 Å². The lowest BCUT2D eigenvalue weighted by Crippen LogP contribution is -2.23. The van der Waals surface area contributed by atoms with Crippen molar-refractivity contribution in [2.24, 2.45) is 0 Å². The number of anilines is 3. The average molecular weight is 351 g/mol. The van der Waals surface area contributed by atoms with Crippen molar-refractivity contribution in [2.75, 3.05) is 22.5 Å². The van der Waals surface area contributed by atoms with Gasteiger partial charge in [-0.25, -0.2) is 0 Å². The van der Waals surface area contributed by atoms with E-state index in [1.165, 1.54) is 25.1 Å². The van der Waals surface area contributed by atoms with E-state index in [0.717, 1.165) is 6.07 Å². The molecular formula is C17H16F3N3O2. The van der Waals surface area contributed by atoms with Crippen LogP contribution in [0.2, 0.25) is 0 Å². The van der Waals surface area contributed by atoms with Crippen LogP contribution in [0.25, 0.3) is 0 Å². The second-order valence-corrected chi connectivity index (χ2v) is 5.21. The Morgan fingerprint density at radius 2 is 1.60 bits per heavy atom. The minimum Gasteiger partial charge on any atom is -0.376 e. The van der Waals surface area contributed by atoms with Gasteiger partial charge in [0.2, 0.25) is 11.8 Å². The van der Waals surface area contributed by atoms with E-state index >= 15 is 0 Å². The molecular weight excluding hydrogens is 335 g/mol. The highest BCUT2D eigenvalue weighted by Crippen LogP contribution is 2.34. The van der Waals surface area contributed by atoms with E-state index in [1.807, 2.05) is 0 Å². The third-order valence-electron chi connectivity index (χ3n) is 3.14.